The van der Waals surface area contributed by atoms with Crippen LogP contribution < -0.4 is 10.1 Å². The maximum atomic E-state index is 15.2. The van der Waals surface area contributed by atoms with E-state index < -0.39 is 49.3 Å². The Morgan fingerprint density at radius 1 is 1.29 bits per heavy atom. The summed E-state index contributed by atoms with van der Waals surface area (Å²) < 4.78 is 80.2. The van der Waals surface area contributed by atoms with E-state index in [2.05, 4.69) is 20.4 Å². The number of aliphatic hydroxyl groups excluding tert-OH is 1. The molecule has 3 aromatic heterocycles. The average Bonchev–Trinajstić information content (AvgIpc) is 3.44. The summed E-state index contributed by atoms with van der Waals surface area (Å²) in [6.07, 6.45) is 2.09. The second kappa shape index (κ2) is 9.70. The fourth-order valence-corrected chi connectivity index (χ4v) is 4.62. The first-order valence-electron chi connectivity index (χ1n) is 11.5. The van der Waals surface area contributed by atoms with Gasteiger partial charge in [0.15, 0.2) is 11.6 Å². The van der Waals surface area contributed by atoms with Gasteiger partial charge in [-0.25, -0.2) is 31.5 Å². The summed E-state index contributed by atoms with van der Waals surface area (Å²) in [5, 5.41) is 15.6. The number of imidazole rings is 1. The van der Waals surface area contributed by atoms with E-state index in [4.69, 9.17) is 9.84 Å². The van der Waals surface area contributed by atoms with Gasteiger partial charge in [-0.1, -0.05) is 0 Å². The Kier molecular flexibility index (Phi) is 6.54. The molecule has 10 nitrogen and oxygen atoms in total. The van der Waals surface area contributed by atoms with Crippen molar-refractivity contribution in [3.63, 3.8) is 0 Å². The molecule has 1 aliphatic rings. The van der Waals surface area contributed by atoms with Gasteiger partial charge in [0, 0.05) is 6.54 Å². The SMILES string of the molecule is COc1nc(N[C@@H]2CCN(C(=O)CO)CC2(F)F)nn2cc(F)c(-c3cc(F)c4ncn(CCF)c4c3)c12. The molecule has 1 aliphatic heterocycles. The highest BCUT2D eigenvalue weighted by molar-refractivity contribution is 5.90. The summed E-state index contributed by atoms with van der Waals surface area (Å²) in [6.45, 7) is -2.59. The Hall–Kier alpha value is -4.01. The van der Waals surface area contributed by atoms with Gasteiger partial charge in [0.1, 0.15) is 24.3 Å². The molecule has 1 fully saturated rings. The van der Waals surface area contributed by atoms with Crippen molar-refractivity contribution in [2.75, 3.05) is 38.8 Å². The summed E-state index contributed by atoms with van der Waals surface area (Å²) in [6, 6.07) is 1.06. The predicted octanol–water partition coefficient (Wildman–Crippen LogP) is 2.64. The van der Waals surface area contributed by atoms with Crippen molar-refractivity contribution in [1.29, 1.82) is 0 Å². The van der Waals surface area contributed by atoms with Crippen LogP contribution in [0.5, 0.6) is 5.88 Å². The van der Waals surface area contributed by atoms with Crippen molar-refractivity contribution in [2.24, 2.45) is 0 Å². The Labute approximate surface area is 211 Å². The molecule has 1 amide bonds. The molecule has 15 heteroatoms. The number of hydrogen-bond donors (Lipinski definition) is 2. The topological polar surface area (TPSA) is 110 Å². The van der Waals surface area contributed by atoms with Gasteiger partial charge >= 0.3 is 0 Å². The third-order valence-electron chi connectivity index (χ3n) is 6.43. The fraction of sp³-hybridized carbons (Fsp3) is 0.391. The second-order valence-corrected chi connectivity index (χ2v) is 8.76. The molecule has 1 saturated heterocycles. The molecule has 0 aliphatic carbocycles. The lowest BCUT2D eigenvalue weighted by molar-refractivity contribution is -0.145. The van der Waals surface area contributed by atoms with E-state index in [1.807, 2.05) is 0 Å². The van der Waals surface area contributed by atoms with Gasteiger partial charge in [-0.15, -0.1) is 5.10 Å². The number of aromatic nitrogens is 5. The number of hydrogen-bond acceptors (Lipinski definition) is 7. The zero-order valence-electron chi connectivity index (χ0n) is 20.0. The van der Waals surface area contributed by atoms with Crippen molar-refractivity contribution in [2.45, 2.75) is 24.9 Å². The van der Waals surface area contributed by atoms with Crippen LogP contribution in [-0.4, -0.2) is 85.5 Å². The summed E-state index contributed by atoms with van der Waals surface area (Å²) in [5.41, 5.74) is 0.242. The normalized spacial score (nSPS) is 17.3. The number of ether oxygens (including phenoxy) is 1. The van der Waals surface area contributed by atoms with Crippen LogP contribution in [0.2, 0.25) is 0 Å². The predicted molar refractivity (Wildman–Crippen MR) is 125 cm³/mol. The molecule has 38 heavy (non-hydrogen) atoms. The van der Waals surface area contributed by atoms with Crippen LogP contribution in [0.4, 0.5) is 27.9 Å². The molecule has 4 aromatic rings. The maximum Gasteiger partial charge on any atom is 0.285 e. The number of carbonyl (C=O) groups excluding carboxylic acids is 1. The molecule has 4 heterocycles. The second-order valence-electron chi connectivity index (χ2n) is 8.76. The number of rotatable bonds is 7. The summed E-state index contributed by atoms with van der Waals surface area (Å²) >= 11 is 0. The first-order chi connectivity index (χ1) is 18.2. The quantitative estimate of drug-likeness (QED) is 0.348. The lowest BCUT2D eigenvalue weighted by atomic mass is 10.0. The van der Waals surface area contributed by atoms with Crippen LogP contribution in [0.15, 0.2) is 24.7 Å². The number of nitrogens with zero attached hydrogens (tertiary/aromatic N) is 6. The molecular weight excluding hydrogens is 517 g/mol. The standard InChI is InChI=1S/C23H22F5N7O3/c1-38-21-20-18(12-6-13(25)19-15(7-12)34(5-3-24)11-29-19)14(26)8-35(20)32-22(31-21)30-16-2-4-33(17(37)9-36)10-23(16,27)28/h6-8,11,16,36H,2-5,9-10H2,1H3,(H,30,32)/t16-/m1/s1. The number of aliphatic hydroxyl groups is 1. The first-order valence-corrected chi connectivity index (χ1v) is 11.5. The van der Waals surface area contributed by atoms with Crippen LogP contribution in [0.3, 0.4) is 0 Å². The molecule has 5 rings (SSSR count). The summed E-state index contributed by atoms with van der Waals surface area (Å²) in [7, 11) is 1.24. The molecular formula is C23H22F5N7O3. The van der Waals surface area contributed by atoms with Crippen LogP contribution in [-0.2, 0) is 11.3 Å². The van der Waals surface area contributed by atoms with Gasteiger partial charge in [-0.2, -0.15) is 4.98 Å². The molecule has 0 bridgehead atoms. The monoisotopic (exact) mass is 539 g/mol. The Morgan fingerprint density at radius 3 is 2.76 bits per heavy atom. The van der Waals surface area contributed by atoms with Crippen LogP contribution in [0.1, 0.15) is 6.42 Å². The number of piperidine rings is 1. The number of nitrogens with one attached hydrogen (secondary N) is 1. The van der Waals surface area contributed by atoms with E-state index in [0.29, 0.717) is 0 Å². The molecule has 1 atom stereocenters. The molecule has 0 unspecified atom stereocenters. The first kappa shape index (κ1) is 25.6. The minimum atomic E-state index is -3.38. The zero-order valence-corrected chi connectivity index (χ0v) is 20.0. The van der Waals surface area contributed by atoms with Gasteiger partial charge < -0.3 is 24.6 Å². The number of carbonyl (C=O) groups is 1. The van der Waals surface area contributed by atoms with E-state index in [9.17, 15) is 22.4 Å². The fourth-order valence-electron chi connectivity index (χ4n) is 4.62. The lowest BCUT2D eigenvalue weighted by Gasteiger charge is -2.38. The molecule has 0 spiro atoms. The van der Waals surface area contributed by atoms with Gasteiger partial charge in [0.2, 0.25) is 17.7 Å². The Balaban J connectivity index is 1.53. The van der Waals surface area contributed by atoms with Gasteiger partial charge in [0.05, 0.1) is 49.8 Å². The minimum Gasteiger partial charge on any atom is -0.479 e. The molecule has 2 N–H and O–H groups in total. The average molecular weight is 539 g/mol. The van der Waals surface area contributed by atoms with Gasteiger partial charge in [0.25, 0.3) is 5.92 Å². The third-order valence-corrected chi connectivity index (χ3v) is 6.43. The van der Waals surface area contributed by atoms with E-state index in [1.54, 1.807) is 0 Å². The van der Waals surface area contributed by atoms with Crippen molar-refractivity contribution in [3.05, 3.63) is 36.3 Å². The van der Waals surface area contributed by atoms with Crippen molar-refractivity contribution in [3.8, 4) is 17.0 Å². The number of likely N-dealkylation sites (tertiary alicyclic amines) is 1. The highest BCUT2D eigenvalue weighted by Gasteiger charge is 2.46. The highest BCUT2D eigenvalue weighted by atomic mass is 19.3. The minimum absolute atomic E-state index is 0.00603. The molecule has 1 aromatic carbocycles. The number of methoxy groups -OCH3 is 1. The van der Waals surface area contributed by atoms with Crippen LogP contribution in [0.25, 0.3) is 27.7 Å². The number of fused-ring (bicyclic) bond motifs is 2. The number of alkyl halides is 3. The highest BCUT2D eigenvalue weighted by Crippen LogP contribution is 2.37. The van der Waals surface area contributed by atoms with Crippen LogP contribution >= 0.6 is 0 Å². The van der Waals surface area contributed by atoms with Crippen molar-refractivity contribution < 1.29 is 36.6 Å². The number of aryl methyl sites for hydroxylation is 1. The summed E-state index contributed by atoms with van der Waals surface area (Å²) in [5.74, 6) is -6.20. The van der Waals surface area contributed by atoms with Gasteiger partial charge in [-0.3, -0.25) is 4.79 Å². The smallest absolute Gasteiger partial charge is 0.285 e. The van der Waals surface area contributed by atoms with Crippen LogP contribution in [0, 0.1) is 11.6 Å². The van der Waals surface area contributed by atoms with Gasteiger partial charge in [-0.05, 0) is 24.1 Å². The Bertz CT molecular complexity index is 1520. The van der Waals surface area contributed by atoms with E-state index in [1.165, 1.54) is 24.1 Å². The number of amides is 1. The molecule has 0 radical (unpaired) electrons. The van der Waals surface area contributed by atoms with Crippen molar-refractivity contribution >= 4 is 28.4 Å². The number of halogens is 5. The third kappa shape index (κ3) is 4.36. The molecule has 202 valence electrons. The molecule has 0 saturated carbocycles. The number of anilines is 1. The van der Waals surface area contributed by atoms with Crippen molar-refractivity contribution in [1.82, 2.24) is 29.0 Å². The largest absolute Gasteiger partial charge is 0.479 e. The maximum absolute atomic E-state index is 15.2. The zero-order chi connectivity index (χ0) is 27.2. The van der Waals surface area contributed by atoms with E-state index in [0.717, 1.165) is 21.7 Å². The lowest BCUT2D eigenvalue weighted by Crippen LogP contribution is -2.56. The number of benzene rings is 1. The van der Waals surface area contributed by atoms with E-state index in [-0.39, 0.29) is 59.0 Å². The Morgan fingerprint density at radius 2 is 2.08 bits per heavy atom. The van der Waals surface area contributed by atoms with E-state index >= 15 is 4.39 Å². The summed E-state index contributed by atoms with van der Waals surface area (Å²) in [4.78, 5) is 20.6.